The first-order valence-electron chi connectivity index (χ1n) is 6.16. The van der Waals surface area contributed by atoms with Gasteiger partial charge in [0.25, 0.3) is 0 Å². The third kappa shape index (κ3) is 5.55. The zero-order valence-electron chi connectivity index (χ0n) is 10.9. The van der Waals surface area contributed by atoms with Crippen molar-refractivity contribution in [2.75, 3.05) is 5.75 Å². The predicted octanol–water partition coefficient (Wildman–Crippen LogP) is 3.85. The van der Waals surface area contributed by atoms with Crippen LogP contribution in [0.15, 0.2) is 23.1 Å². The van der Waals surface area contributed by atoms with Gasteiger partial charge in [-0.15, -0.1) is 11.8 Å². The molecule has 1 rings (SSSR count). The Bertz CT molecular complexity index is 350. The smallest absolute Gasteiger partial charge is 0.123 e. The summed E-state index contributed by atoms with van der Waals surface area (Å²) in [5, 5.41) is 0. The van der Waals surface area contributed by atoms with E-state index in [9.17, 15) is 4.39 Å². The number of benzene rings is 1. The summed E-state index contributed by atoms with van der Waals surface area (Å²) in [5.41, 5.74) is 6.82. The number of nitrogens with two attached hydrogens (primary N) is 1. The van der Waals surface area contributed by atoms with Crippen LogP contribution in [0, 0.1) is 11.7 Å². The molecule has 0 amide bonds. The van der Waals surface area contributed by atoms with E-state index in [1.165, 1.54) is 17.4 Å². The molecular formula is C14H22FNS. The van der Waals surface area contributed by atoms with E-state index >= 15 is 0 Å². The molecule has 0 aliphatic rings. The molecular weight excluding hydrogens is 233 g/mol. The average molecular weight is 255 g/mol. The topological polar surface area (TPSA) is 26.0 Å². The van der Waals surface area contributed by atoms with Gasteiger partial charge in [0, 0.05) is 10.9 Å². The predicted molar refractivity (Wildman–Crippen MR) is 73.9 cm³/mol. The standard InChI is InChI=1S/C14H22FNS/c1-10(2)6-7-17-14-5-4-13(15)9-12(14)8-11(3)16/h4-5,9-11H,6-8,16H2,1-3H3. The van der Waals surface area contributed by atoms with Gasteiger partial charge in [0.1, 0.15) is 5.82 Å². The molecule has 0 aromatic heterocycles. The Hall–Kier alpha value is -0.540. The van der Waals surface area contributed by atoms with Gasteiger partial charge in [-0.25, -0.2) is 4.39 Å². The number of thioether (sulfide) groups is 1. The molecule has 1 aromatic rings. The summed E-state index contributed by atoms with van der Waals surface area (Å²) in [6.07, 6.45) is 1.92. The quantitative estimate of drug-likeness (QED) is 0.781. The molecule has 2 N–H and O–H groups in total. The van der Waals surface area contributed by atoms with Gasteiger partial charge in [-0.3, -0.25) is 0 Å². The summed E-state index contributed by atoms with van der Waals surface area (Å²) >= 11 is 1.80. The largest absolute Gasteiger partial charge is 0.328 e. The van der Waals surface area contributed by atoms with E-state index < -0.39 is 0 Å². The number of hydrogen-bond acceptors (Lipinski definition) is 2. The Labute approximate surface area is 108 Å². The highest BCUT2D eigenvalue weighted by Gasteiger charge is 2.07. The van der Waals surface area contributed by atoms with Crippen LogP contribution in [0.1, 0.15) is 32.8 Å². The van der Waals surface area contributed by atoms with E-state index in [0.29, 0.717) is 5.92 Å². The van der Waals surface area contributed by atoms with Crippen molar-refractivity contribution in [3.8, 4) is 0 Å². The SMILES string of the molecule is CC(C)CCSc1ccc(F)cc1CC(C)N. The summed E-state index contributed by atoms with van der Waals surface area (Å²) in [7, 11) is 0. The zero-order chi connectivity index (χ0) is 12.8. The van der Waals surface area contributed by atoms with E-state index in [-0.39, 0.29) is 11.9 Å². The molecule has 0 saturated carbocycles. The molecule has 0 saturated heterocycles. The van der Waals surface area contributed by atoms with Crippen molar-refractivity contribution in [3.05, 3.63) is 29.6 Å². The molecule has 1 atom stereocenters. The Morgan fingerprint density at radius 2 is 2.00 bits per heavy atom. The lowest BCUT2D eigenvalue weighted by molar-refractivity contribution is 0.619. The van der Waals surface area contributed by atoms with Crippen LogP contribution in [0.25, 0.3) is 0 Å². The van der Waals surface area contributed by atoms with Gasteiger partial charge < -0.3 is 5.73 Å². The highest BCUT2D eigenvalue weighted by molar-refractivity contribution is 7.99. The number of halogens is 1. The number of rotatable bonds is 6. The maximum atomic E-state index is 13.2. The Morgan fingerprint density at radius 1 is 1.29 bits per heavy atom. The maximum Gasteiger partial charge on any atom is 0.123 e. The molecule has 0 heterocycles. The Balaban J connectivity index is 2.68. The molecule has 0 bridgehead atoms. The van der Waals surface area contributed by atoms with Gasteiger partial charge in [0.05, 0.1) is 0 Å². The minimum atomic E-state index is -0.172. The third-order valence-electron chi connectivity index (χ3n) is 2.52. The summed E-state index contributed by atoms with van der Waals surface area (Å²) in [5.74, 6) is 1.61. The van der Waals surface area contributed by atoms with Crippen LogP contribution in [0.5, 0.6) is 0 Å². The monoisotopic (exact) mass is 255 g/mol. The van der Waals surface area contributed by atoms with Crippen LogP contribution in [0.3, 0.4) is 0 Å². The first-order valence-corrected chi connectivity index (χ1v) is 7.14. The zero-order valence-corrected chi connectivity index (χ0v) is 11.7. The average Bonchev–Trinajstić information content (AvgIpc) is 2.20. The Kier molecular flexibility index (Phi) is 6.00. The fourth-order valence-corrected chi connectivity index (χ4v) is 2.90. The van der Waals surface area contributed by atoms with Crippen molar-refractivity contribution in [2.45, 2.75) is 44.6 Å². The van der Waals surface area contributed by atoms with Crippen molar-refractivity contribution < 1.29 is 4.39 Å². The molecule has 0 aliphatic carbocycles. The second-order valence-electron chi connectivity index (χ2n) is 4.96. The molecule has 17 heavy (non-hydrogen) atoms. The van der Waals surface area contributed by atoms with Crippen molar-refractivity contribution in [1.82, 2.24) is 0 Å². The summed E-state index contributed by atoms with van der Waals surface area (Å²) < 4.78 is 13.2. The van der Waals surface area contributed by atoms with E-state index in [1.807, 2.05) is 13.0 Å². The highest BCUT2D eigenvalue weighted by atomic mass is 32.2. The van der Waals surface area contributed by atoms with E-state index in [1.54, 1.807) is 17.8 Å². The van der Waals surface area contributed by atoms with Crippen LogP contribution in [-0.2, 0) is 6.42 Å². The lowest BCUT2D eigenvalue weighted by atomic mass is 10.1. The summed E-state index contributed by atoms with van der Waals surface area (Å²) in [6, 6.07) is 5.09. The van der Waals surface area contributed by atoms with Crippen LogP contribution < -0.4 is 5.73 Å². The molecule has 1 aromatic carbocycles. The van der Waals surface area contributed by atoms with Gasteiger partial charge in [-0.1, -0.05) is 13.8 Å². The van der Waals surface area contributed by atoms with Gasteiger partial charge in [0.2, 0.25) is 0 Å². The van der Waals surface area contributed by atoms with Gasteiger partial charge in [0.15, 0.2) is 0 Å². The maximum absolute atomic E-state index is 13.2. The molecule has 96 valence electrons. The van der Waals surface area contributed by atoms with Gasteiger partial charge in [-0.05, 0) is 55.2 Å². The molecule has 0 aliphatic heterocycles. The minimum Gasteiger partial charge on any atom is -0.328 e. The first kappa shape index (κ1) is 14.5. The highest BCUT2D eigenvalue weighted by Crippen LogP contribution is 2.26. The van der Waals surface area contributed by atoms with Crippen LogP contribution in [0.2, 0.25) is 0 Å². The van der Waals surface area contributed by atoms with Gasteiger partial charge in [-0.2, -0.15) is 0 Å². The van der Waals surface area contributed by atoms with Crippen molar-refractivity contribution in [3.63, 3.8) is 0 Å². The Morgan fingerprint density at radius 3 is 2.59 bits per heavy atom. The van der Waals surface area contributed by atoms with Crippen molar-refractivity contribution >= 4 is 11.8 Å². The molecule has 0 radical (unpaired) electrons. The minimum absolute atomic E-state index is 0.0706. The van der Waals surface area contributed by atoms with Crippen molar-refractivity contribution in [1.29, 1.82) is 0 Å². The second-order valence-corrected chi connectivity index (χ2v) is 6.10. The fourth-order valence-electron chi connectivity index (χ4n) is 1.60. The van der Waals surface area contributed by atoms with Crippen LogP contribution in [-0.4, -0.2) is 11.8 Å². The van der Waals surface area contributed by atoms with E-state index in [4.69, 9.17) is 5.73 Å². The molecule has 1 unspecified atom stereocenters. The van der Waals surface area contributed by atoms with Crippen molar-refractivity contribution in [2.24, 2.45) is 11.7 Å². The third-order valence-corrected chi connectivity index (χ3v) is 3.67. The summed E-state index contributed by atoms with van der Waals surface area (Å²) in [6.45, 7) is 6.38. The molecule has 3 heteroatoms. The van der Waals surface area contributed by atoms with E-state index in [2.05, 4.69) is 13.8 Å². The second kappa shape index (κ2) is 7.02. The lowest BCUT2D eigenvalue weighted by Gasteiger charge is -2.12. The van der Waals surface area contributed by atoms with Gasteiger partial charge >= 0.3 is 0 Å². The van der Waals surface area contributed by atoms with Crippen LogP contribution >= 0.6 is 11.8 Å². The van der Waals surface area contributed by atoms with E-state index in [0.717, 1.165) is 17.7 Å². The normalized spacial score (nSPS) is 13.1. The molecule has 1 nitrogen and oxygen atoms in total. The first-order chi connectivity index (χ1) is 7.99. The summed E-state index contributed by atoms with van der Waals surface area (Å²) in [4.78, 5) is 1.17. The molecule has 0 spiro atoms. The molecule has 0 fully saturated rings. The number of hydrogen-bond donors (Lipinski definition) is 1. The van der Waals surface area contributed by atoms with Crippen LogP contribution in [0.4, 0.5) is 4.39 Å². The lowest BCUT2D eigenvalue weighted by Crippen LogP contribution is -2.18. The fraction of sp³-hybridized carbons (Fsp3) is 0.571.